The molecule has 0 aliphatic carbocycles. The Morgan fingerprint density at radius 2 is 2.00 bits per heavy atom. The smallest absolute Gasteiger partial charge is 0.338 e. The molecule has 1 aromatic carbocycles. The SMILES string of the molecule is C=CCOC(=O)C1=C(C)Nc2nc(SCC)nn2C1c1ccc(OCC)c(OCC)c1. The molecular formula is C22H28N4O4S. The number of hydrogen-bond donors (Lipinski definition) is 1. The molecule has 31 heavy (non-hydrogen) atoms. The van der Waals surface area contributed by atoms with Crippen LogP contribution in [0.4, 0.5) is 5.95 Å². The molecule has 9 heteroatoms. The molecule has 0 amide bonds. The van der Waals surface area contributed by atoms with Gasteiger partial charge in [-0.15, -0.1) is 5.10 Å². The van der Waals surface area contributed by atoms with Crippen molar-refractivity contribution in [1.29, 1.82) is 0 Å². The fourth-order valence-electron chi connectivity index (χ4n) is 3.34. The van der Waals surface area contributed by atoms with Gasteiger partial charge in [-0.3, -0.25) is 0 Å². The Hall–Kier alpha value is -2.94. The van der Waals surface area contributed by atoms with Gasteiger partial charge in [-0.2, -0.15) is 4.98 Å². The molecule has 3 rings (SSSR count). The highest BCUT2D eigenvalue weighted by atomic mass is 32.2. The summed E-state index contributed by atoms with van der Waals surface area (Å²) in [7, 11) is 0. The molecule has 0 bridgehead atoms. The van der Waals surface area contributed by atoms with E-state index in [9.17, 15) is 4.79 Å². The second-order valence-corrected chi connectivity index (χ2v) is 7.85. The molecule has 8 nitrogen and oxygen atoms in total. The van der Waals surface area contributed by atoms with Gasteiger partial charge in [0, 0.05) is 5.70 Å². The molecule has 1 N–H and O–H groups in total. The Morgan fingerprint density at radius 3 is 2.68 bits per heavy atom. The van der Waals surface area contributed by atoms with Gasteiger partial charge >= 0.3 is 5.97 Å². The van der Waals surface area contributed by atoms with Crippen molar-refractivity contribution < 1.29 is 19.0 Å². The van der Waals surface area contributed by atoms with Gasteiger partial charge in [-0.1, -0.05) is 37.4 Å². The average molecular weight is 445 g/mol. The molecule has 1 aliphatic heterocycles. The van der Waals surface area contributed by atoms with Crippen LogP contribution in [-0.2, 0) is 9.53 Å². The van der Waals surface area contributed by atoms with E-state index in [1.54, 1.807) is 10.8 Å². The quantitative estimate of drug-likeness (QED) is 0.331. The number of anilines is 1. The van der Waals surface area contributed by atoms with Crippen molar-refractivity contribution >= 4 is 23.7 Å². The third-order valence-electron chi connectivity index (χ3n) is 4.54. The van der Waals surface area contributed by atoms with Gasteiger partial charge in [0.1, 0.15) is 12.6 Å². The van der Waals surface area contributed by atoms with Crippen LogP contribution in [0.15, 0.2) is 47.3 Å². The van der Waals surface area contributed by atoms with Gasteiger partial charge in [0.05, 0.1) is 18.8 Å². The Morgan fingerprint density at radius 1 is 1.26 bits per heavy atom. The lowest BCUT2D eigenvalue weighted by molar-refractivity contribution is -0.138. The summed E-state index contributed by atoms with van der Waals surface area (Å²) in [5.41, 5.74) is 1.94. The second-order valence-electron chi connectivity index (χ2n) is 6.62. The summed E-state index contributed by atoms with van der Waals surface area (Å²) in [6.45, 7) is 12.5. The number of thioether (sulfide) groups is 1. The summed E-state index contributed by atoms with van der Waals surface area (Å²) in [6, 6.07) is 5.13. The highest BCUT2D eigenvalue weighted by Gasteiger charge is 2.35. The molecular weight excluding hydrogens is 416 g/mol. The van der Waals surface area contributed by atoms with E-state index in [0.717, 1.165) is 11.3 Å². The van der Waals surface area contributed by atoms with Gasteiger partial charge in [-0.25, -0.2) is 9.48 Å². The van der Waals surface area contributed by atoms with Crippen LogP contribution in [-0.4, -0.2) is 46.3 Å². The standard InChI is InChI=1S/C22H28N4O4S/c1-6-12-30-20(27)18-14(5)23-21-24-22(31-9-4)25-26(21)19(18)15-10-11-16(28-7-2)17(13-15)29-8-3/h6,10-11,13,19H,1,7-9,12H2,2-5H3,(H,23,24,25). The number of allylic oxidation sites excluding steroid dienone is 1. The number of ether oxygens (including phenoxy) is 3. The maximum absolute atomic E-state index is 13.0. The van der Waals surface area contributed by atoms with E-state index in [-0.39, 0.29) is 6.61 Å². The van der Waals surface area contributed by atoms with Crippen molar-refractivity contribution in [3.05, 3.63) is 47.7 Å². The number of esters is 1. The summed E-state index contributed by atoms with van der Waals surface area (Å²) in [5, 5.41) is 8.48. The fourth-order valence-corrected chi connectivity index (χ4v) is 3.90. The normalized spacial score (nSPS) is 15.2. The Bertz CT molecular complexity index is 986. The average Bonchev–Trinajstić information content (AvgIpc) is 3.14. The predicted molar refractivity (Wildman–Crippen MR) is 121 cm³/mol. The Kier molecular flexibility index (Phi) is 7.62. The van der Waals surface area contributed by atoms with E-state index >= 15 is 0 Å². The first kappa shape index (κ1) is 22.7. The zero-order valence-electron chi connectivity index (χ0n) is 18.3. The number of carbonyl (C=O) groups is 1. The number of nitrogens with one attached hydrogen (secondary N) is 1. The third kappa shape index (κ3) is 4.87. The first-order valence-corrected chi connectivity index (χ1v) is 11.3. The molecule has 1 unspecified atom stereocenters. The number of rotatable bonds is 10. The maximum atomic E-state index is 13.0. The number of hydrogen-bond acceptors (Lipinski definition) is 8. The van der Waals surface area contributed by atoms with Crippen LogP contribution in [0.1, 0.15) is 39.3 Å². The van der Waals surface area contributed by atoms with E-state index in [1.807, 2.05) is 45.9 Å². The Balaban J connectivity index is 2.13. The van der Waals surface area contributed by atoms with Crippen LogP contribution in [0.3, 0.4) is 0 Å². The zero-order chi connectivity index (χ0) is 22.4. The fraction of sp³-hybridized carbons (Fsp3) is 0.409. The van der Waals surface area contributed by atoms with Crippen LogP contribution in [0.5, 0.6) is 11.5 Å². The lowest BCUT2D eigenvalue weighted by Crippen LogP contribution is -2.29. The molecule has 1 aromatic heterocycles. The van der Waals surface area contributed by atoms with E-state index in [0.29, 0.717) is 47.1 Å². The van der Waals surface area contributed by atoms with Crippen LogP contribution in [0.25, 0.3) is 0 Å². The maximum Gasteiger partial charge on any atom is 0.338 e. The van der Waals surface area contributed by atoms with Gasteiger partial charge in [0.25, 0.3) is 0 Å². The molecule has 166 valence electrons. The predicted octanol–water partition coefficient (Wildman–Crippen LogP) is 4.21. The van der Waals surface area contributed by atoms with Crippen molar-refractivity contribution in [2.75, 3.05) is 30.9 Å². The largest absolute Gasteiger partial charge is 0.490 e. The number of benzene rings is 1. The van der Waals surface area contributed by atoms with E-state index < -0.39 is 12.0 Å². The van der Waals surface area contributed by atoms with Gasteiger partial charge < -0.3 is 19.5 Å². The summed E-state index contributed by atoms with van der Waals surface area (Å²) < 4.78 is 18.6. The molecule has 0 saturated carbocycles. The first-order valence-electron chi connectivity index (χ1n) is 10.3. The van der Waals surface area contributed by atoms with Crippen molar-refractivity contribution in [2.24, 2.45) is 0 Å². The van der Waals surface area contributed by atoms with Gasteiger partial charge in [0.15, 0.2) is 11.5 Å². The molecule has 1 atom stereocenters. The summed E-state index contributed by atoms with van der Waals surface area (Å²) in [4.78, 5) is 17.6. The summed E-state index contributed by atoms with van der Waals surface area (Å²) >= 11 is 1.54. The highest BCUT2D eigenvalue weighted by Crippen LogP contribution is 2.39. The Labute approximate surface area is 186 Å². The molecule has 0 saturated heterocycles. The topological polar surface area (TPSA) is 87.5 Å². The van der Waals surface area contributed by atoms with Crippen LogP contribution < -0.4 is 14.8 Å². The van der Waals surface area contributed by atoms with Gasteiger partial charge in [-0.05, 0) is 44.2 Å². The second kappa shape index (κ2) is 10.4. The lowest BCUT2D eigenvalue weighted by atomic mass is 9.95. The van der Waals surface area contributed by atoms with Crippen LogP contribution >= 0.6 is 11.8 Å². The molecule has 2 aromatic rings. The van der Waals surface area contributed by atoms with Crippen molar-refractivity contribution in [3.8, 4) is 11.5 Å². The van der Waals surface area contributed by atoms with Gasteiger partial charge in [0.2, 0.25) is 11.1 Å². The van der Waals surface area contributed by atoms with E-state index in [2.05, 4.69) is 22.0 Å². The molecule has 2 heterocycles. The summed E-state index contributed by atoms with van der Waals surface area (Å²) in [5.74, 6) is 2.24. The number of carbonyl (C=O) groups excluding carboxylic acids is 1. The van der Waals surface area contributed by atoms with Crippen LogP contribution in [0, 0.1) is 0 Å². The molecule has 0 fully saturated rings. The third-order valence-corrected chi connectivity index (χ3v) is 5.26. The number of nitrogens with zero attached hydrogens (tertiary/aromatic N) is 3. The van der Waals surface area contributed by atoms with Crippen molar-refractivity contribution in [1.82, 2.24) is 14.8 Å². The zero-order valence-corrected chi connectivity index (χ0v) is 19.1. The van der Waals surface area contributed by atoms with Crippen LogP contribution in [0.2, 0.25) is 0 Å². The minimum Gasteiger partial charge on any atom is -0.490 e. The minimum atomic E-state index is -0.526. The number of aromatic nitrogens is 3. The minimum absolute atomic E-state index is 0.122. The molecule has 0 radical (unpaired) electrons. The van der Waals surface area contributed by atoms with Crippen molar-refractivity contribution in [3.63, 3.8) is 0 Å². The van der Waals surface area contributed by atoms with E-state index in [1.165, 1.54) is 11.8 Å². The molecule has 1 aliphatic rings. The van der Waals surface area contributed by atoms with Crippen molar-refractivity contribution in [2.45, 2.75) is 38.9 Å². The highest BCUT2D eigenvalue weighted by molar-refractivity contribution is 7.99. The monoisotopic (exact) mass is 444 g/mol. The number of fused-ring (bicyclic) bond motifs is 1. The first-order chi connectivity index (χ1) is 15.0. The lowest BCUT2D eigenvalue weighted by Gasteiger charge is -2.28. The summed E-state index contributed by atoms with van der Waals surface area (Å²) in [6.07, 6.45) is 1.54. The molecule has 0 spiro atoms. The van der Waals surface area contributed by atoms with E-state index in [4.69, 9.17) is 14.2 Å².